The van der Waals surface area contributed by atoms with Crippen LogP contribution >= 0.6 is 0 Å². The van der Waals surface area contributed by atoms with Gasteiger partial charge in [-0.25, -0.2) is 8.78 Å². The molecule has 39 heavy (non-hydrogen) atoms. The van der Waals surface area contributed by atoms with Crippen LogP contribution in [0.2, 0.25) is 0 Å². The summed E-state index contributed by atoms with van der Waals surface area (Å²) in [5.41, 5.74) is 7.91. The highest BCUT2D eigenvalue weighted by Crippen LogP contribution is 2.29. The molecule has 2 atom stereocenters. The van der Waals surface area contributed by atoms with Gasteiger partial charge < -0.3 is 5.73 Å². The van der Waals surface area contributed by atoms with Crippen molar-refractivity contribution in [2.45, 2.75) is 79.7 Å². The van der Waals surface area contributed by atoms with E-state index in [4.69, 9.17) is 5.73 Å². The van der Waals surface area contributed by atoms with Gasteiger partial charge >= 0.3 is 0 Å². The molecule has 0 aliphatic heterocycles. The van der Waals surface area contributed by atoms with Crippen molar-refractivity contribution in [1.29, 1.82) is 0 Å². The summed E-state index contributed by atoms with van der Waals surface area (Å²) in [7, 11) is -2.09. The van der Waals surface area contributed by atoms with Crippen LogP contribution in [0, 0.1) is 0 Å². The Kier molecular flexibility index (Phi) is 25.4. The zero-order valence-corrected chi connectivity index (χ0v) is 26.4. The quantitative estimate of drug-likeness (QED) is 0.188. The lowest BCUT2D eigenvalue weighted by Gasteiger charge is -2.22. The topological polar surface area (TPSA) is 43.1 Å². The van der Waals surface area contributed by atoms with Gasteiger partial charge in [0.2, 0.25) is 0 Å². The van der Waals surface area contributed by atoms with Crippen LogP contribution in [0.25, 0.3) is 0 Å². The highest BCUT2D eigenvalue weighted by molar-refractivity contribution is 8.03. The van der Waals surface area contributed by atoms with Gasteiger partial charge in [-0.1, -0.05) is 134 Å². The van der Waals surface area contributed by atoms with E-state index in [0.717, 1.165) is 16.9 Å². The number of nitrogens with two attached hydrogens (primary N) is 1. The van der Waals surface area contributed by atoms with E-state index in [-0.39, 0.29) is 12.0 Å². The lowest BCUT2D eigenvalue weighted by atomic mass is 9.95. The first-order valence-electron chi connectivity index (χ1n) is 13.6. The molecule has 0 fully saturated rings. The molecule has 2 unspecified atom stereocenters. The molecule has 2 aromatic carbocycles. The molecule has 0 radical (unpaired) electrons. The SMILES string of the molecule is C=C(C(N)Cc1ccccc1)C(F)(F)CC.C=C/C=C(\C=C/C)S(=C)(C)=O.CC.CC.CCc1ccccc1. The van der Waals surface area contributed by atoms with Crippen LogP contribution in [0.1, 0.15) is 66.0 Å². The standard InChI is InChI=1S/C13H17F2N.C9H14OS.C8H10.2C2H6/c1-3-13(14,15)10(2)12(16)9-11-7-5-4-6-8-11;1-5-7-9(8-6-2)11(3,4)10;1-2-8-6-4-3-5-7-8;2*1-2/h4-8,12H,2-3,9,16H2,1H3;5-8H,1,3H2,2,4H3;3-7H,2H2,1H3;2*1-2H3/b;8-6-,9-7+;;;. The summed E-state index contributed by atoms with van der Waals surface area (Å²) in [5, 5.41) is 0. The van der Waals surface area contributed by atoms with Crippen LogP contribution in [0.4, 0.5) is 8.78 Å². The number of allylic oxidation sites excluding steroid dienone is 4. The van der Waals surface area contributed by atoms with Crippen molar-refractivity contribution >= 4 is 15.4 Å². The predicted molar refractivity (Wildman–Crippen MR) is 175 cm³/mol. The Labute approximate surface area is 239 Å². The maximum absolute atomic E-state index is 13.3. The van der Waals surface area contributed by atoms with Crippen molar-refractivity contribution in [3.63, 3.8) is 0 Å². The second-order valence-corrected chi connectivity index (χ2v) is 10.5. The number of alkyl halides is 2. The van der Waals surface area contributed by atoms with Crippen molar-refractivity contribution in [3.05, 3.63) is 120 Å². The first-order chi connectivity index (χ1) is 18.4. The van der Waals surface area contributed by atoms with Gasteiger partial charge in [-0.15, -0.1) is 0 Å². The molecular weight excluding hydrogens is 508 g/mol. The van der Waals surface area contributed by atoms with Crippen molar-refractivity contribution in [1.82, 2.24) is 0 Å². The molecule has 0 aliphatic carbocycles. The minimum Gasteiger partial charge on any atom is -0.324 e. The molecule has 0 aliphatic rings. The lowest BCUT2D eigenvalue weighted by Crippen LogP contribution is -2.34. The Morgan fingerprint density at radius 2 is 1.41 bits per heavy atom. The minimum absolute atomic E-state index is 0.182. The van der Waals surface area contributed by atoms with E-state index >= 15 is 0 Å². The van der Waals surface area contributed by atoms with Crippen LogP contribution in [0.15, 0.2) is 109 Å². The number of hydrogen-bond acceptors (Lipinski definition) is 2. The molecule has 0 amide bonds. The summed E-state index contributed by atoms with van der Waals surface area (Å²) >= 11 is 0. The van der Waals surface area contributed by atoms with Gasteiger partial charge in [-0.2, -0.15) is 0 Å². The summed E-state index contributed by atoms with van der Waals surface area (Å²) in [4.78, 5) is 0.731. The molecule has 5 heteroatoms. The maximum atomic E-state index is 13.3. The monoisotopic (exact) mass is 561 g/mol. The second kappa shape index (κ2) is 24.3. The van der Waals surface area contributed by atoms with E-state index in [1.54, 1.807) is 24.5 Å². The fourth-order valence-electron chi connectivity index (χ4n) is 2.83. The zero-order chi connectivity index (χ0) is 30.9. The number of rotatable bonds is 9. The first kappa shape index (κ1) is 40.7. The summed E-state index contributed by atoms with van der Waals surface area (Å²) in [6, 6.07) is 19.1. The van der Waals surface area contributed by atoms with Gasteiger partial charge in [0, 0.05) is 29.2 Å². The average Bonchev–Trinajstić information content (AvgIpc) is 2.95. The molecular formula is C34H53F2NOS. The summed E-state index contributed by atoms with van der Waals surface area (Å²) in [6.45, 7) is 20.4. The molecule has 2 aromatic rings. The Balaban J connectivity index is -0.000000491. The third-order valence-electron chi connectivity index (χ3n) is 5.02. The molecule has 0 bridgehead atoms. The number of aryl methyl sites for hydroxylation is 1. The van der Waals surface area contributed by atoms with E-state index < -0.39 is 21.5 Å². The number of hydrogen-bond donors (Lipinski definition) is 1. The minimum atomic E-state index is -2.87. The van der Waals surface area contributed by atoms with Crippen molar-refractivity contribution < 1.29 is 13.0 Å². The van der Waals surface area contributed by atoms with E-state index in [1.807, 2.05) is 77.1 Å². The highest BCUT2D eigenvalue weighted by atomic mass is 32.2. The normalized spacial score (nSPS) is 12.8. The van der Waals surface area contributed by atoms with Crippen LogP contribution in [-0.4, -0.2) is 28.3 Å². The van der Waals surface area contributed by atoms with E-state index in [2.05, 4.69) is 50.2 Å². The Morgan fingerprint density at radius 1 is 0.974 bits per heavy atom. The van der Waals surface area contributed by atoms with Crippen molar-refractivity contribution in [3.8, 4) is 0 Å². The van der Waals surface area contributed by atoms with Gasteiger partial charge in [0.05, 0.1) is 0 Å². The molecule has 0 heterocycles. The van der Waals surface area contributed by atoms with Crippen LogP contribution in [-0.2, 0) is 22.4 Å². The summed E-state index contributed by atoms with van der Waals surface area (Å²) in [5.74, 6) is 0.702. The van der Waals surface area contributed by atoms with Gasteiger partial charge in [-0.05, 0) is 52.4 Å². The highest BCUT2D eigenvalue weighted by Gasteiger charge is 2.33. The fourth-order valence-corrected chi connectivity index (χ4v) is 3.64. The molecule has 2 N–H and O–H groups in total. The lowest BCUT2D eigenvalue weighted by molar-refractivity contribution is 0.0322. The zero-order valence-electron chi connectivity index (χ0n) is 25.6. The average molecular weight is 562 g/mol. The fraction of sp³-hybridized carbons (Fsp3) is 0.382. The molecule has 0 spiro atoms. The number of halogens is 2. The van der Waals surface area contributed by atoms with Crippen molar-refractivity contribution in [2.75, 3.05) is 6.26 Å². The van der Waals surface area contributed by atoms with Gasteiger partial charge in [0.15, 0.2) is 0 Å². The molecule has 2 rings (SSSR count). The molecule has 0 saturated carbocycles. The Morgan fingerprint density at radius 3 is 1.72 bits per heavy atom. The first-order valence-corrected chi connectivity index (χ1v) is 15.7. The van der Waals surface area contributed by atoms with Crippen LogP contribution in [0.5, 0.6) is 0 Å². The molecule has 2 nitrogen and oxygen atoms in total. The van der Waals surface area contributed by atoms with Crippen LogP contribution < -0.4 is 5.73 Å². The largest absolute Gasteiger partial charge is 0.324 e. The maximum Gasteiger partial charge on any atom is 0.270 e. The third kappa shape index (κ3) is 19.9. The third-order valence-corrected chi connectivity index (χ3v) is 6.29. The van der Waals surface area contributed by atoms with Crippen LogP contribution in [0.3, 0.4) is 0 Å². The molecule has 220 valence electrons. The van der Waals surface area contributed by atoms with E-state index in [0.29, 0.717) is 6.42 Å². The molecule has 0 saturated heterocycles. The molecule has 0 aromatic heterocycles. The van der Waals surface area contributed by atoms with Crippen molar-refractivity contribution in [2.24, 2.45) is 5.73 Å². The smallest absolute Gasteiger partial charge is 0.270 e. The van der Waals surface area contributed by atoms with E-state index in [1.165, 1.54) is 12.5 Å². The van der Waals surface area contributed by atoms with Gasteiger partial charge in [0.1, 0.15) is 0 Å². The Hall–Kier alpha value is -2.76. The van der Waals surface area contributed by atoms with Gasteiger partial charge in [-0.3, -0.25) is 4.21 Å². The Bertz CT molecular complexity index is 1040. The summed E-state index contributed by atoms with van der Waals surface area (Å²) < 4.78 is 38.0. The number of benzene rings is 2. The summed E-state index contributed by atoms with van der Waals surface area (Å²) in [6.07, 6.45) is 9.85. The predicted octanol–water partition coefficient (Wildman–Crippen LogP) is 9.44. The van der Waals surface area contributed by atoms with E-state index in [9.17, 15) is 13.0 Å². The second-order valence-electron chi connectivity index (χ2n) is 8.03. The van der Waals surface area contributed by atoms with Gasteiger partial charge in [0.25, 0.3) is 5.92 Å².